The molecule has 0 aromatic rings. The lowest BCUT2D eigenvalue weighted by molar-refractivity contribution is 0.215. The molecule has 2 aliphatic rings. The Morgan fingerprint density at radius 1 is 1.22 bits per heavy atom. The molecule has 4 nitrogen and oxygen atoms in total. The van der Waals surface area contributed by atoms with Crippen molar-refractivity contribution in [2.75, 3.05) is 26.7 Å². The number of guanidine groups is 1. The highest BCUT2D eigenvalue weighted by Crippen LogP contribution is 2.28. The topological polar surface area (TPSA) is 39.7 Å². The zero-order valence-corrected chi connectivity index (χ0v) is 12.1. The average Bonchev–Trinajstić information content (AvgIpc) is 3.20. The predicted molar refractivity (Wildman–Crippen MR) is 77.0 cm³/mol. The van der Waals surface area contributed by atoms with Crippen molar-refractivity contribution >= 4 is 5.96 Å². The van der Waals surface area contributed by atoms with E-state index in [4.69, 9.17) is 0 Å². The fraction of sp³-hybridized carbons (Fsp3) is 0.929. The van der Waals surface area contributed by atoms with Gasteiger partial charge in [-0.1, -0.05) is 0 Å². The molecule has 2 aliphatic carbocycles. The van der Waals surface area contributed by atoms with Crippen molar-refractivity contribution in [2.45, 2.75) is 51.6 Å². The molecule has 0 spiro atoms. The highest BCUT2D eigenvalue weighted by Gasteiger charge is 2.30. The summed E-state index contributed by atoms with van der Waals surface area (Å²) in [6.45, 7) is 7.76. The molecular formula is C14H28N4. The van der Waals surface area contributed by atoms with Gasteiger partial charge in [0.15, 0.2) is 5.96 Å². The van der Waals surface area contributed by atoms with E-state index < -0.39 is 0 Å². The van der Waals surface area contributed by atoms with E-state index in [1.165, 1.54) is 25.7 Å². The maximum Gasteiger partial charge on any atom is 0.191 e. The molecule has 0 amide bonds. The summed E-state index contributed by atoms with van der Waals surface area (Å²) in [5.74, 6) is 1.85. The highest BCUT2D eigenvalue weighted by molar-refractivity contribution is 5.79. The molecule has 0 aliphatic heterocycles. The molecule has 0 aromatic heterocycles. The minimum absolute atomic E-state index is 0.653. The van der Waals surface area contributed by atoms with Crippen molar-refractivity contribution in [1.82, 2.24) is 15.5 Å². The lowest BCUT2D eigenvalue weighted by atomic mass is 10.3. The van der Waals surface area contributed by atoms with E-state index in [-0.39, 0.29) is 0 Å². The number of aliphatic imine (C=N–C) groups is 1. The van der Waals surface area contributed by atoms with Crippen LogP contribution in [0.25, 0.3) is 0 Å². The summed E-state index contributed by atoms with van der Waals surface area (Å²) in [6.07, 6.45) is 5.53. The van der Waals surface area contributed by atoms with Crippen LogP contribution in [0.4, 0.5) is 0 Å². The van der Waals surface area contributed by atoms with Crippen LogP contribution in [0.5, 0.6) is 0 Å². The second-order valence-corrected chi connectivity index (χ2v) is 5.89. The smallest absolute Gasteiger partial charge is 0.191 e. The second kappa shape index (κ2) is 6.41. The van der Waals surface area contributed by atoms with Crippen molar-refractivity contribution < 1.29 is 0 Å². The average molecular weight is 252 g/mol. The Bertz CT molecular complexity index is 278. The highest BCUT2D eigenvalue weighted by atomic mass is 15.2. The van der Waals surface area contributed by atoms with Crippen molar-refractivity contribution in [1.29, 1.82) is 0 Å². The Hall–Kier alpha value is -0.770. The Morgan fingerprint density at radius 3 is 2.44 bits per heavy atom. The Morgan fingerprint density at radius 2 is 1.94 bits per heavy atom. The first kappa shape index (κ1) is 13.7. The Kier molecular flexibility index (Phi) is 4.87. The normalized spacial score (nSPS) is 20.6. The maximum absolute atomic E-state index is 4.27. The van der Waals surface area contributed by atoms with Gasteiger partial charge in [0.2, 0.25) is 0 Å². The first-order chi connectivity index (χ1) is 8.70. The third-order valence-corrected chi connectivity index (χ3v) is 3.82. The zero-order valence-electron chi connectivity index (χ0n) is 12.1. The van der Waals surface area contributed by atoms with Gasteiger partial charge < -0.3 is 10.6 Å². The molecule has 0 heterocycles. The van der Waals surface area contributed by atoms with Gasteiger partial charge >= 0.3 is 0 Å². The van der Waals surface area contributed by atoms with Gasteiger partial charge in [-0.3, -0.25) is 9.89 Å². The molecule has 2 rings (SSSR count). The third kappa shape index (κ3) is 4.48. The molecule has 0 unspecified atom stereocenters. The number of nitrogens with zero attached hydrogens (tertiary/aromatic N) is 2. The van der Waals surface area contributed by atoms with Crippen molar-refractivity contribution in [3.05, 3.63) is 0 Å². The summed E-state index contributed by atoms with van der Waals surface area (Å²) >= 11 is 0. The first-order valence-electron chi connectivity index (χ1n) is 7.41. The van der Waals surface area contributed by atoms with Crippen LogP contribution < -0.4 is 10.6 Å². The Labute approximate surface area is 111 Å². The summed E-state index contributed by atoms with van der Waals surface area (Å²) < 4.78 is 0. The standard InChI is InChI=1S/C14H28N4/c1-11(2)18(13-6-7-13)9-8-16-14(15-3)17-10-12-4-5-12/h11-13H,4-10H2,1-3H3,(H2,15,16,17). The largest absolute Gasteiger partial charge is 0.356 e. The molecule has 0 saturated heterocycles. The molecule has 2 fully saturated rings. The maximum atomic E-state index is 4.27. The van der Waals surface area contributed by atoms with Gasteiger partial charge in [-0.25, -0.2) is 0 Å². The molecule has 0 bridgehead atoms. The van der Waals surface area contributed by atoms with E-state index in [0.29, 0.717) is 6.04 Å². The van der Waals surface area contributed by atoms with Gasteiger partial charge in [0.1, 0.15) is 0 Å². The molecule has 0 radical (unpaired) electrons. The quantitative estimate of drug-likeness (QED) is 0.532. The summed E-state index contributed by atoms with van der Waals surface area (Å²) in [7, 11) is 1.85. The summed E-state index contributed by atoms with van der Waals surface area (Å²) in [5.41, 5.74) is 0. The minimum atomic E-state index is 0.653. The first-order valence-corrected chi connectivity index (χ1v) is 7.41. The van der Waals surface area contributed by atoms with Crippen LogP contribution in [0.2, 0.25) is 0 Å². The van der Waals surface area contributed by atoms with E-state index in [1.54, 1.807) is 0 Å². The van der Waals surface area contributed by atoms with Crippen LogP contribution in [-0.4, -0.2) is 49.6 Å². The van der Waals surface area contributed by atoms with E-state index in [9.17, 15) is 0 Å². The number of rotatable bonds is 7. The molecule has 0 aromatic carbocycles. The molecule has 2 saturated carbocycles. The van der Waals surface area contributed by atoms with Gasteiger partial charge in [0.05, 0.1) is 0 Å². The van der Waals surface area contributed by atoms with Crippen LogP contribution in [0.1, 0.15) is 39.5 Å². The van der Waals surface area contributed by atoms with Crippen molar-refractivity contribution in [2.24, 2.45) is 10.9 Å². The summed E-state index contributed by atoms with van der Waals surface area (Å²) in [4.78, 5) is 6.86. The molecule has 4 heteroatoms. The Balaban J connectivity index is 1.62. The van der Waals surface area contributed by atoms with E-state index in [1.807, 2.05) is 7.05 Å². The molecule has 0 atom stereocenters. The van der Waals surface area contributed by atoms with Gasteiger partial charge in [0, 0.05) is 38.8 Å². The lowest BCUT2D eigenvalue weighted by Gasteiger charge is -2.26. The third-order valence-electron chi connectivity index (χ3n) is 3.82. The van der Waals surface area contributed by atoms with E-state index in [0.717, 1.165) is 37.6 Å². The lowest BCUT2D eigenvalue weighted by Crippen LogP contribution is -2.44. The summed E-state index contributed by atoms with van der Waals surface area (Å²) in [6, 6.07) is 1.49. The molecule has 2 N–H and O–H groups in total. The number of hydrogen-bond donors (Lipinski definition) is 2. The van der Waals surface area contributed by atoms with Gasteiger partial charge in [-0.2, -0.15) is 0 Å². The van der Waals surface area contributed by atoms with Gasteiger partial charge in [0.25, 0.3) is 0 Å². The minimum Gasteiger partial charge on any atom is -0.356 e. The van der Waals surface area contributed by atoms with Crippen molar-refractivity contribution in [3.63, 3.8) is 0 Å². The number of hydrogen-bond acceptors (Lipinski definition) is 2. The van der Waals surface area contributed by atoms with Gasteiger partial charge in [-0.15, -0.1) is 0 Å². The van der Waals surface area contributed by atoms with Crippen LogP contribution in [-0.2, 0) is 0 Å². The zero-order chi connectivity index (χ0) is 13.0. The molecular weight excluding hydrogens is 224 g/mol. The van der Waals surface area contributed by atoms with E-state index >= 15 is 0 Å². The second-order valence-electron chi connectivity index (χ2n) is 5.89. The SMILES string of the molecule is CN=C(NCCN(C(C)C)C1CC1)NCC1CC1. The fourth-order valence-electron chi connectivity index (χ4n) is 2.36. The fourth-order valence-corrected chi connectivity index (χ4v) is 2.36. The predicted octanol–water partition coefficient (Wildman–Crippen LogP) is 1.43. The van der Waals surface area contributed by atoms with Crippen LogP contribution >= 0.6 is 0 Å². The molecule has 18 heavy (non-hydrogen) atoms. The van der Waals surface area contributed by atoms with E-state index in [2.05, 4.69) is 34.4 Å². The summed E-state index contributed by atoms with van der Waals surface area (Å²) in [5, 5.41) is 6.82. The van der Waals surface area contributed by atoms with Crippen LogP contribution in [0.3, 0.4) is 0 Å². The monoisotopic (exact) mass is 252 g/mol. The molecule has 104 valence electrons. The van der Waals surface area contributed by atoms with Crippen LogP contribution in [0.15, 0.2) is 4.99 Å². The van der Waals surface area contributed by atoms with Gasteiger partial charge in [-0.05, 0) is 45.4 Å². The van der Waals surface area contributed by atoms with Crippen LogP contribution in [0, 0.1) is 5.92 Å². The van der Waals surface area contributed by atoms with Crippen molar-refractivity contribution in [3.8, 4) is 0 Å². The number of nitrogens with one attached hydrogen (secondary N) is 2.